The summed E-state index contributed by atoms with van der Waals surface area (Å²) < 4.78 is 35.9. The van der Waals surface area contributed by atoms with Crippen molar-refractivity contribution in [1.29, 1.82) is 0 Å². The zero-order chi connectivity index (χ0) is 14.5. The molecule has 0 aliphatic rings. The van der Waals surface area contributed by atoms with Crippen LogP contribution in [-0.2, 0) is 10.5 Å². The van der Waals surface area contributed by atoms with Gasteiger partial charge in [0.05, 0.1) is 6.61 Å². The lowest BCUT2D eigenvalue weighted by Gasteiger charge is -2.00. The number of carbonyl (C=O) groups is 1. The van der Waals surface area contributed by atoms with Crippen molar-refractivity contribution in [1.82, 2.24) is 10.2 Å². The molecule has 0 saturated heterocycles. The molecule has 0 amide bonds. The topological polar surface area (TPSA) is 65.2 Å². The van der Waals surface area contributed by atoms with Crippen LogP contribution in [0.5, 0.6) is 0 Å². The van der Waals surface area contributed by atoms with Crippen LogP contribution in [0.15, 0.2) is 27.8 Å². The van der Waals surface area contributed by atoms with Gasteiger partial charge in [-0.15, -0.1) is 5.10 Å². The number of halogens is 2. The highest BCUT2D eigenvalue weighted by atomic mass is 32.2. The zero-order valence-corrected chi connectivity index (χ0v) is 11.2. The Bertz CT molecular complexity index is 618. The van der Waals surface area contributed by atoms with E-state index in [1.54, 1.807) is 6.92 Å². The first kappa shape index (κ1) is 14.4. The maximum absolute atomic E-state index is 13.4. The first-order chi connectivity index (χ1) is 9.60. The SMILES string of the molecule is CCOC(=O)c1nnc(SCc2ccc(F)cc2F)o1. The highest BCUT2D eigenvalue weighted by Gasteiger charge is 2.16. The Labute approximate surface area is 117 Å². The molecular weight excluding hydrogens is 290 g/mol. The van der Waals surface area contributed by atoms with Gasteiger partial charge >= 0.3 is 11.9 Å². The molecule has 0 atom stereocenters. The Morgan fingerprint density at radius 2 is 2.20 bits per heavy atom. The molecule has 0 saturated carbocycles. The van der Waals surface area contributed by atoms with Crippen LogP contribution in [0.1, 0.15) is 23.2 Å². The van der Waals surface area contributed by atoms with Gasteiger partial charge in [0.1, 0.15) is 11.6 Å². The van der Waals surface area contributed by atoms with E-state index in [2.05, 4.69) is 10.2 Å². The van der Waals surface area contributed by atoms with Crippen molar-refractivity contribution in [2.45, 2.75) is 17.9 Å². The van der Waals surface area contributed by atoms with Crippen LogP contribution in [-0.4, -0.2) is 22.8 Å². The van der Waals surface area contributed by atoms with Crippen LogP contribution in [0, 0.1) is 11.6 Å². The molecule has 1 heterocycles. The summed E-state index contributed by atoms with van der Waals surface area (Å²) in [4.78, 5) is 11.3. The van der Waals surface area contributed by atoms with E-state index in [1.165, 1.54) is 6.07 Å². The Morgan fingerprint density at radius 1 is 1.40 bits per heavy atom. The maximum atomic E-state index is 13.4. The van der Waals surface area contributed by atoms with E-state index >= 15 is 0 Å². The van der Waals surface area contributed by atoms with Crippen molar-refractivity contribution in [2.24, 2.45) is 0 Å². The first-order valence-electron chi connectivity index (χ1n) is 5.67. The fraction of sp³-hybridized carbons (Fsp3) is 0.250. The Hall–Kier alpha value is -1.96. The summed E-state index contributed by atoms with van der Waals surface area (Å²) in [5.74, 6) is -2.08. The molecule has 0 bridgehead atoms. The number of hydrogen-bond donors (Lipinski definition) is 0. The van der Waals surface area contributed by atoms with Gasteiger partial charge in [0.25, 0.3) is 5.22 Å². The number of rotatable bonds is 5. The fourth-order valence-electron chi connectivity index (χ4n) is 1.32. The average molecular weight is 300 g/mol. The monoisotopic (exact) mass is 300 g/mol. The van der Waals surface area contributed by atoms with Crippen LogP contribution >= 0.6 is 11.8 Å². The van der Waals surface area contributed by atoms with Gasteiger partial charge in [0.2, 0.25) is 0 Å². The number of hydrogen-bond acceptors (Lipinski definition) is 6. The summed E-state index contributed by atoms with van der Waals surface area (Å²) in [6, 6.07) is 3.30. The minimum Gasteiger partial charge on any atom is -0.459 e. The van der Waals surface area contributed by atoms with E-state index in [0.29, 0.717) is 5.56 Å². The van der Waals surface area contributed by atoms with Crippen molar-refractivity contribution in [3.63, 3.8) is 0 Å². The van der Waals surface area contributed by atoms with Gasteiger partial charge < -0.3 is 9.15 Å². The Balaban J connectivity index is 1.99. The van der Waals surface area contributed by atoms with Gasteiger partial charge in [-0.2, -0.15) is 0 Å². The molecule has 0 spiro atoms. The molecule has 5 nitrogen and oxygen atoms in total. The van der Waals surface area contributed by atoms with Gasteiger partial charge in [-0.25, -0.2) is 13.6 Å². The largest absolute Gasteiger partial charge is 0.459 e. The Kier molecular flexibility index (Phi) is 4.67. The third-order valence-electron chi connectivity index (χ3n) is 2.22. The molecule has 0 aliphatic heterocycles. The third-order valence-corrected chi connectivity index (χ3v) is 3.09. The number of nitrogens with zero attached hydrogens (tertiary/aromatic N) is 2. The van der Waals surface area contributed by atoms with E-state index in [9.17, 15) is 13.6 Å². The van der Waals surface area contributed by atoms with Crippen molar-refractivity contribution < 1.29 is 22.7 Å². The highest BCUT2D eigenvalue weighted by molar-refractivity contribution is 7.98. The predicted octanol–water partition coefficient (Wildman–Crippen LogP) is 2.82. The number of ether oxygens (including phenoxy) is 1. The molecule has 0 N–H and O–H groups in total. The summed E-state index contributed by atoms with van der Waals surface area (Å²) in [7, 11) is 0. The van der Waals surface area contributed by atoms with Gasteiger partial charge in [0, 0.05) is 11.8 Å². The lowest BCUT2D eigenvalue weighted by molar-refractivity contribution is 0.0475. The van der Waals surface area contributed by atoms with Crippen LogP contribution in [0.25, 0.3) is 0 Å². The minimum atomic E-state index is -0.709. The second-order valence-corrected chi connectivity index (χ2v) is 4.54. The summed E-state index contributed by atoms with van der Waals surface area (Å²) in [5.41, 5.74) is 0.298. The molecule has 0 radical (unpaired) electrons. The van der Waals surface area contributed by atoms with Crippen LogP contribution in [0.4, 0.5) is 8.78 Å². The standard InChI is InChI=1S/C12H10F2N2O3S/c1-2-18-11(17)10-15-16-12(19-10)20-6-7-3-4-8(13)5-9(7)14/h3-5H,2,6H2,1H3. The van der Waals surface area contributed by atoms with Crippen molar-refractivity contribution in [3.05, 3.63) is 41.3 Å². The fourth-order valence-corrected chi connectivity index (χ4v) is 2.07. The summed E-state index contributed by atoms with van der Waals surface area (Å²) in [6.45, 7) is 1.85. The van der Waals surface area contributed by atoms with Crippen molar-refractivity contribution in [2.75, 3.05) is 6.61 Å². The van der Waals surface area contributed by atoms with Gasteiger partial charge in [-0.1, -0.05) is 22.9 Å². The lowest BCUT2D eigenvalue weighted by Crippen LogP contribution is -2.04. The summed E-state index contributed by atoms with van der Waals surface area (Å²) >= 11 is 1.04. The van der Waals surface area contributed by atoms with E-state index in [-0.39, 0.29) is 23.5 Å². The van der Waals surface area contributed by atoms with E-state index in [1.807, 2.05) is 0 Å². The smallest absolute Gasteiger partial charge is 0.396 e. The molecular formula is C12H10F2N2O3S. The third kappa shape index (κ3) is 3.53. The molecule has 2 aromatic rings. The van der Waals surface area contributed by atoms with Crippen molar-refractivity contribution >= 4 is 17.7 Å². The zero-order valence-electron chi connectivity index (χ0n) is 10.4. The van der Waals surface area contributed by atoms with Gasteiger partial charge in [-0.3, -0.25) is 0 Å². The number of benzene rings is 1. The molecule has 0 unspecified atom stereocenters. The van der Waals surface area contributed by atoms with Gasteiger partial charge in [-0.05, 0) is 18.6 Å². The first-order valence-corrected chi connectivity index (χ1v) is 6.66. The number of thioether (sulfide) groups is 1. The van der Waals surface area contributed by atoms with Crippen molar-refractivity contribution in [3.8, 4) is 0 Å². The number of esters is 1. The maximum Gasteiger partial charge on any atom is 0.396 e. The molecule has 0 fully saturated rings. The predicted molar refractivity (Wildman–Crippen MR) is 66.2 cm³/mol. The highest BCUT2D eigenvalue weighted by Crippen LogP contribution is 2.23. The second kappa shape index (κ2) is 6.47. The van der Waals surface area contributed by atoms with E-state index < -0.39 is 17.6 Å². The van der Waals surface area contributed by atoms with Crippen LogP contribution in [0.2, 0.25) is 0 Å². The summed E-state index contributed by atoms with van der Waals surface area (Å²) in [5, 5.41) is 7.26. The number of carbonyl (C=O) groups excluding carboxylic acids is 1. The summed E-state index contributed by atoms with van der Waals surface area (Å²) in [6.07, 6.45) is 0. The molecule has 2 rings (SSSR count). The van der Waals surface area contributed by atoms with E-state index in [4.69, 9.17) is 9.15 Å². The normalized spacial score (nSPS) is 10.6. The Morgan fingerprint density at radius 3 is 2.90 bits per heavy atom. The molecule has 0 aliphatic carbocycles. The van der Waals surface area contributed by atoms with Gasteiger partial charge in [0.15, 0.2) is 0 Å². The molecule has 8 heteroatoms. The van der Waals surface area contributed by atoms with Crippen LogP contribution in [0.3, 0.4) is 0 Å². The van der Waals surface area contributed by atoms with E-state index in [0.717, 1.165) is 23.9 Å². The van der Waals surface area contributed by atoms with Crippen LogP contribution < -0.4 is 0 Å². The molecule has 20 heavy (non-hydrogen) atoms. The second-order valence-electron chi connectivity index (χ2n) is 3.62. The minimum absolute atomic E-state index is 0.108. The molecule has 1 aromatic carbocycles. The quantitative estimate of drug-likeness (QED) is 0.625. The lowest BCUT2D eigenvalue weighted by atomic mass is 10.2. The average Bonchev–Trinajstić information content (AvgIpc) is 2.87. The molecule has 1 aromatic heterocycles. The number of aromatic nitrogens is 2. The molecule has 106 valence electrons.